The summed E-state index contributed by atoms with van der Waals surface area (Å²) in [5.74, 6) is -6.73. The Kier molecular flexibility index (Phi) is 5.23. The molecule has 0 spiro atoms. The standard InChI is InChI=1S/C22H19F6N3O2/c1-8-9(2)21(33,22(26,27)28)20(12-4-11(23)5-16(32)17(8)12)31-15-6-14(24)18(25)19-13(15)7-29-10(3)30-19/h4-9,20,31-33H,1-3H3. The maximum Gasteiger partial charge on any atom is 0.419 e. The number of fused-ring (bicyclic) bond motifs is 2. The predicted octanol–water partition coefficient (Wildman–Crippen LogP) is 5.26. The minimum absolute atomic E-state index is 0.00862. The fourth-order valence-electron chi connectivity index (χ4n) is 4.59. The molecule has 1 heterocycles. The van der Waals surface area contributed by atoms with Crippen LogP contribution >= 0.6 is 0 Å². The number of hydrogen-bond acceptors (Lipinski definition) is 5. The number of aryl methyl sites for hydroxylation is 1. The highest BCUT2D eigenvalue weighted by atomic mass is 19.4. The van der Waals surface area contributed by atoms with Crippen LogP contribution in [0.4, 0.5) is 32.0 Å². The third-order valence-corrected chi connectivity index (χ3v) is 6.45. The fourth-order valence-corrected chi connectivity index (χ4v) is 4.59. The molecule has 4 atom stereocenters. The van der Waals surface area contributed by atoms with Crippen molar-refractivity contribution in [1.82, 2.24) is 9.97 Å². The van der Waals surface area contributed by atoms with Gasteiger partial charge in [-0.15, -0.1) is 0 Å². The average molecular weight is 471 g/mol. The number of anilines is 1. The monoisotopic (exact) mass is 471 g/mol. The first kappa shape index (κ1) is 23.1. The van der Waals surface area contributed by atoms with Crippen LogP contribution in [-0.4, -0.2) is 32.0 Å². The van der Waals surface area contributed by atoms with Crippen molar-refractivity contribution in [3.63, 3.8) is 0 Å². The smallest absolute Gasteiger partial charge is 0.419 e. The van der Waals surface area contributed by atoms with E-state index < -0.39 is 58.4 Å². The minimum Gasteiger partial charge on any atom is -0.508 e. The summed E-state index contributed by atoms with van der Waals surface area (Å²) in [6.07, 6.45) is -4.10. The van der Waals surface area contributed by atoms with Gasteiger partial charge in [0, 0.05) is 40.9 Å². The quantitative estimate of drug-likeness (QED) is 0.445. The van der Waals surface area contributed by atoms with Gasteiger partial charge < -0.3 is 15.5 Å². The van der Waals surface area contributed by atoms with Crippen LogP contribution in [0.25, 0.3) is 10.9 Å². The van der Waals surface area contributed by atoms with Crippen molar-refractivity contribution < 1.29 is 36.6 Å². The number of hydrogen-bond donors (Lipinski definition) is 3. The van der Waals surface area contributed by atoms with E-state index in [0.717, 1.165) is 25.3 Å². The summed E-state index contributed by atoms with van der Waals surface area (Å²) >= 11 is 0. The topological polar surface area (TPSA) is 78.3 Å². The Labute approximate surface area is 184 Å². The molecule has 1 aromatic heterocycles. The maximum atomic E-state index is 14.3. The van der Waals surface area contributed by atoms with Crippen molar-refractivity contribution in [3.05, 3.63) is 58.8 Å². The van der Waals surface area contributed by atoms with Crippen LogP contribution in [0.3, 0.4) is 0 Å². The first-order chi connectivity index (χ1) is 15.3. The third-order valence-electron chi connectivity index (χ3n) is 6.45. The van der Waals surface area contributed by atoms with Crippen LogP contribution in [0.2, 0.25) is 0 Å². The van der Waals surface area contributed by atoms with E-state index >= 15 is 0 Å². The van der Waals surface area contributed by atoms with Gasteiger partial charge in [0.1, 0.15) is 22.9 Å². The molecule has 0 amide bonds. The highest BCUT2D eigenvalue weighted by Crippen LogP contribution is 2.57. The summed E-state index contributed by atoms with van der Waals surface area (Å²) in [5, 5.41) is 23.6. The number of halogens is 6. The van der Waals surface area contributed by atoms with Crippen LogP contribution in [0, 0.1) is 30.3 Å². The average Bonchev–Trinajstić information content (AvgIpc) is 2.71. The molecule has 3 N–H and O–H groups in total. The lowest BCUT2D eigenvalue weighted by molar-refractivity contribution is -0.289. The Bertz CT molecular complexity index is 1270. The Hall–Kier alpha value is -3.08. The SMILES string of the molecule is Cc1ncc2c(NC3c4cc(F)cc(O)c4C(C)C(C)C3(O)C(F)(F)F)cc(F)c(F)c2n1. The summed E-state index contributed by atoms with van der Waals surface area (Å²) < 4.78 is 85.7. The molecule has 0 radical (unpaired) electrons. The molecule has 4 unspecified atom stereocenters. The van der Waals surface area contributed by atoms with E-state index in [4.69, 9.17) is 0 Å². The van der Waals surface area contributed by atoms with Gasteiger partial charge in [-0.25, -0.2) is 23.1 Å². The number of nitrogens with one attached hydrogen (secondary N) is 1. The molecule has 5 nitrogen and oxygen atoms in total. The van der Waals surface area contributed by atoms with Crippen LogP contribution in [0.15, 0.2) is 24.4 Å². The largest absolute Gasteiger partial charge is 0.508 e. The van der Waals surface area contributed by atoms with Gasteiger partial charge in [0.2, 0.25) is 0 Å². The van der Waals surface area contributed by atoms with Crippen molar-refractivity contribution >= 4 is 16.6 Å². The molecular formula is C22H19F6N3O2. The Morgan fingerprint density at radius 3 is 2.39 bits per heavy atom. The molecule has 1 aliphatic carbocycles. The maximum absolute atomic E-state index is 14.3. The highest BCUT2D eigenvalue weighted by Gasteiger charge is 2.66. The van der Waals surface area contributed by atoms with Gasteiger partial charge in [-0.3, -0.25) is 0 Å². The van der Waals surface area contributed by atoms with E-state index in [1.165, 1.54) is 13.8 Å². The van der Waals surface area contributed by atoms with Gasteiger partial charge >= 0.3 is 6.18 Å². The number of rotatable bonds is 2. The second-order valence-corrected chi connectivity index (χ2v) is 8.31. The Balaban J connectivity index is 2.01. The van der Waals surface area contributed by atoms with E-state index in [0.29, 0.717) is 6.07 Å². The summed E-state index contributed by atoms with van der Waals surface area (Å²) in [4.78, 5) is 7.72. The molecule has 0 saturated carbocycles. The fraction of sp³-hybridized carbons (Fsp3) is 0.364. The Morgan fingerprint density at radius 2 is 1.76 bits per heavy atom. The van der Waals surface area contributed by atoms with Gasteiger partial charge in [0.05, 0.1) is 6.04 Å². The summed E-state index contributed by atoms with van der Waals surface area (Å²) in [7, 11) is 0. The number of nitrogens with zero attached hydrogens (tertiary/aromatic N) is 2. The number of aromatic hydroxyl groups is 1. The van der Waals surface area contributed by atoms with Crippen LogP contribution in [0.1, 0.15) is 42.8 Å². The normalized spacial score (nSPS) is 25.2. The molecule has 0 saturated heterocycles. The number of aromatic nitrogens is 2. The molecule has 33 heavy (non-hydrogen) atoms. The molecule has 176 valence electrons. The van der Waals surface area contributed by atoms with E-state index in [1.807, 2.05) is 0 Å². The molecule has 11 heteroatoms. The van der Waals surface area contributed by atoms with E-state index in [-0.39, 0.29) is 28.0 Å². The zero-order chi connectivity index (χ0) is 24.5. The third kappa shape index (κ3) is 3.36. The van der Waals surface area contributed by atoms with Crippen molar-refractivity contribution in [2.24, 2.45) is 5.92 Å². The van der Waals surface area contributed by atoms with E-state index in [1.54, 1.807) is 0 Å². The lowest BCUT2D eigenvalue weighted by Crippen LogP contribution is -2.60. The summed E-state index contributed by atoms with van der Waals surface area (Å²) in [6.45, 7) is 3.94. The first-order valence-corrected chi connectivity index (χ1v) is 9.96. The van der Waals surface area contributed by atoms with Crippen LogP contribution in [-0.2, 0) is 0 Å². The summed E-state index contributed by atoms with van der Waals surface area (Å²) in [5.41, 5.74) is -4.62. The number of benzene rings is 2. The van der Waals surface area contributed by atoms with Gasteiger partial charge in [-0.05, 0) is 24.5 Å². The summed E-state index contributed by atoms with van der Waals surface area (Å²) in [6, 6.07) is 0.0822. The van der Waals surface area contributed by atoms with Crippen molar-refractivity contribution in [2.45, 2.75) is 44.5 Å². The van der Waals surface area contributed by atoms with Gasteiger partial charge in [-0.2, -0.15) is 13.2 Å². The molecule has 3 aromatic rings. The molecular weight excluding hydrogens is 452 g/mol. The number of phenols is 1. The first-order valence-electron chi connectivity index (χ1n) is 9.96. The Morgan fingerprint density at radius 1 is 1.09 bits per heavy atom. The second kappa shape index (κ2) is 7.47. The van der Waals surface area contributed by atoms with E-state index in [2.05, 4.69) is 15.3 Å². The van der Waals surface area contributed by atoms with Crippen molar-refractivity contribution in [1.29, 1.82) is 0 Å². The minimum atomic E-state index is -5.21. The van der Waals surface area contributed by atoms with Crippen LogP contribution in [0.5, 0.6) is 5.75 Å². The molecule has 0 aliphatic heterocycles. The number of alkyl halides is 3. The zero-order valence-corrected chi connectivity index (χ0v) is 17.6. The molecule has 0 bridgehead atoms. The number of aliphatic hydroxyl groups is 1. The van der Waals surface area contributed by atoms with E-state index in [9.17, 15) is 36.6 Å². The molecule has 0 fully saturated rings. The highest BCUT2D eigenvalue weighted by molar-refractivity contribution is 5.91. The molecule has 2 aromatic carbocycles. The van der Waals surface area contributed by atoms with Gasteiger partial charge in [0.15, 0.2) is 17.2 Å². The van der Waals surface area contributed by atoms with Crippen molar-refractivity contribution in [3.8, 4) is 5.75 Å². The van der Waals surface area contributed by atoms with Gasteiger partial charge in [-0.1, -0.05) is 13.8 Å². The molecule has 4 rings (SSSR count). The van der Waals surface area contributed by atoms with Crippen molar-refractivity contribution in [2.75, 3.05) is 5.32 Å². The van der Waals surface area contributed by atoms with Crippen LogP contribution < -0.4 is 5.32 Å². The lowest BCUT2D eigenvalue weighted by atomic mass is 9.64. The predicted molar refractivity (Wildman–Crippen MR) is 107 cm³/mol. The lowest BCUT2D eigenvalue weighted by Gasteiger charge is -2.49. The zero-order valence-electron chi connectivity index (χ0n) is 17.6. The number of phenolic OH excluding ortho intramolecular Hbond substituents is 1. The molecule has 1 aliphatic rings. The second-order valence-electron chi connectivity index (χ2n) is 8.31. The van der Waals surface area contributed by atoms with Gasteiger partial charge in [0.25, 0.3) is 0 Å².